The second-order valence-corrected chi connectivity index (χ2v) is 2.22. The summed E-state index contributed by atoms with van der Waals surface area (Å²) < 4.78 is 5.10. The molecule has 0 aliphatic carbocycles. The maximum atomic E-state index is 8.12. The van der Waals surface area contributed by atoms with Gasteiger partial charge in [-0.2, -0.15) is 5.26 Å². The number of nitrogens with one attached hydrogen (secondary N) is 1. The van der Waals surface area contributed by atoms with Gasteiger partial charge in [0.15, 0.2) is 6.19 Å². The minimum atomic E-state index is 0.560. The smallest absolute Gasteiger partial charge is 0.176 e. The summed E-state index contributed by atoms with van der Waals surface area (Å²) in [7, 11) is 0. The van der Waals surface area contributed by atoms with Crippen molar-refractivity contribution in [2.75, 3.05) is 19.8 Å². The molecule has 1 atom stereocenters. The standard InChI is InChI=1S/C6H10N2O/c7-5-8-3-6-1-2-9-4-6/h6,8H,1-4H2. The molecule has 0 bridgehead atoms. The van der Waals surface area contributed by atoms with Crippen molar-refractivity contribution in [2.45, 2.75) is 6.42 Å². The topological polar surface area (TPSA) is 45.0 Å². The molecule has 9 heavy (non-hydrogen) atoms. The quantitative estimate of drug-likeness (QED) is 0.421. The molecule has 0 aromatic rings. The lowest BCUT2D eigenvalue weighted by atomic mass is 10.1. The van der Waals surface area contributed by atoms with Crippen LogP contribution in [0.15, 0.2) is 0 Å². The van der Waals surface area contributed by atoms with Crippen LogP contribution in [-0.2, 0) is 4.74 Å². The number of ether oxygens (including phenoxy) is 1. The van der Waals surface area contributed by atoms with Crippen molar-refractivity contribution in [1.29, 1.82) is 5.26 Å². The Morgan fingerprint density at radius 2 is 2.67 bits per heavy atom. The van der Waals surface area contributed by atoms with E-state index in [0.717, 1.165) is 26.2 Å². The Hall–Kier alpha value is -0.750. The average molecular weight is 126 g/mol. The van der Waals surface area contributed by atoms with Gasteiger partial charge < -0.3 is 10.1 Å². The van der Waals surface area contributed by atoms with Crippen LogP contribution in [0.3, 0.4) is 0 Å². The van der Waals surface area contributed by atoms with E-state index in [9.17, 15) is 0 Å². The highest BCUT2D eigenvalue weighted by Gasteiger charge is 2.14. The zero-order chi connectivity index (χ0) is 6.53. The normalized spacial score (nSPS) is 25.4. The molecule has 50 valence electrons. The molecule has 0 spiro atoms. The van der Waals surface area contributed by atoms with E-state index in [1.54, 1.807) is 0 Å². The Balaban J connectivity index is 2.06. The predicted octanol–water partition coefficient (Wildman–Crippen LogP) is 0.0936. The summed E-state index contributed by atoms with van der Waals surface area (Å²) in [6.45, 7) is 2.45. The molecule has 0 saturated carbocycles. The zero-order valence-electron chi connectivity index (χ0n) is 5.26. The van der Waals surface area contributed by atoms with Gasteiger partial charge in [-0.25, -0.2) is 0 Å². The zero-order valence-corrected chi connectivity index (χ0v) is 5.26. The van der Waals surface area contributed by atoms with E-state index in [2.05, 4.69) is 5.32 Å². The molecule has 1 rings (SSSR count). The molecule has 1 unspecified atom stereocenters. The highest BCUT2D eigenvalue weighted by atomic mass is 16.5. The molecule has 3 heteroatoms. The predicted molar refractivity (Wildman–Crippen MR) is 32.5 cm³/mol. The van der Waals surface area contributed by atoms with Crippen molar-refractivity contribution in [3.05, 3.63) is 0 Å². The Kier molecular flexibility index (Phi) is 2.34. The van der Waals surface area contributed by atoms with Crippen LogP contribution >= 0.6 is 0 Å². The highest BCUT2D eigenvalue weighted by molar-refractivity contribution is 4.72. The molecular weight excluding hydrogens is 116 g/mol. The summed E-state index contributed by atoms with van der Waals surface area (Å²) >= 11 is 0. The first kappa shape index (κ1) is 6.37. The maximum absolute atomic E-state index is 8.12. The third-order valence-electron chi connectivity index (χ3n) is 1.49. The maximum Gasteiger partial charge on any atom is 0.176 e. The van der Waals surface area contributed by atoms with Crippen LogP contribution in [0.4, 0.5) is 0 Å². The molecule has 0 amide bonds. The van der Waals surface area contributed by atoms with E-state index in [1.165, 1.54) is 0 Å². The van der Waals surface area contributed by atoms with Crippen LogP contribution < -0.4 is 5.32 Å². The van der Waals surface area contributed by atoms with E-state index in [0.29, 0.717) is 5.92 Å². The van der Waals surface area contributed by atoms with Gasteiger partial charge in [-0.15, -0.1) is 0 Å². The molecule has 1 aliphatic heterocycles. The SMILES string of the molecule is N#CNCC1CCOC1. The summed E-state index contributed by atoms with van der Waals surface area (Å²) in [5.41, 5.74) is 0. The summed E-state index contributed by atoms with van der Waals surface area (Å²) in [6.07, 6.45) is 2.98. The first-order valence-electron chi connectivity index (χ1n) is 3.13. The van der Waals surface area contributed by atoms with E-state index in [4.69, 9.17) is 10.00 Å². The van der Waals surface area contributed by atoms with E-state index in [-0.39, 0.29) is 0 Å². The molecular formula is C6H10N2O. The van der Waals surface area contributed by atoms with Crippen molar-refractivity contribution >= 4 is 0 Å². The van der Waals surface area contributed by atoms with E-state index in [1.807, 2.05) is 6.19 Å². The molecule has 1 heterocycles. The summed E-state index contributed by atoms with van der Waals surface area (Å²) in [4.78, 5) is 0. The molecule has 3 nitrogen and oxygen atoms in total. The van der Waals surface area contributed by atoms with Crippen molar-refractivity contribution in [3.63, 3.8) is 0 Å². The molecule has 0 radical (unpaired) electrons. The second-order valence-electron chi connectivity index (χ2n) is 2.22. The van der Waals surface area contributed by atoms with Crippen LogP contribution in [0.5, 0.6) is 0 Å². The van der Waals surface area contributed by atoms with Crippen LogP contribution in [-0.4, -0.2) is 19.8 Å². The minimum Gasteiger partial charge on any atom is -0.381 e. The van der Waals surface area contributed by atoms with E-state index >= 15 is 0 Å². The van der Waals surface area contributed by atoms with Gasteiger partial charge >= 0.3 is 0 Å². The van der Waals surface area contributed by atoms with Crippen molar-refractivity contribution in [3.8, 4) is 6.19 Å². The van der Waals surface area contributed by atoms with Gasteiger partial charge in [0.25, 0.3) is 0 Å². The molecule has 1 fully saturated rings. The lowest BCUT2D eigenvalue weighted by molar-refractivity contribution is 0.186. The molecule has 0 aromatic heterocycles. The number of rotatable bonds is 2. The Morgan fingerprint density at radius 3 is 3.22 bits per heavy atom. The van der Waals surface area contributed by atoms with Gasteiger partial charge in [0.1, 0.15) is 0 Å². The number of nitrogens with zero attached hydrogens (tertiary/aromatic N) is 1. The third-order valence-corrected chi connectivity index (χ3v) is 1.49. The van der Waals surface area contributed by atoms with Crippen LogP contribution in [0.1, 0.15) is 6.42 Å². The van der Waals surface area contributed by atoms with Crippen LogP contribution in [0, 0.1) is 17.4 Å². The van der Waals surface area contributed by atoms with E-state index < -0.39 is 0 Å². The molecule has 0 aromatic carbocycles. The molecule has 1 aliphatic rings. The van der Waals surface area contributed by atoms with Gasteiger partial charge in [0, 0.05) is 19.1 Å². The Bertz CT molecular complexity index is 113. The van der Waals surface area contributed by atoms with Crippen LogP contribution in [0.25, 0.3) is 0 Å². The fraction of sp³-hybridized carbons (Fsp3) is 0.833. The van der Waals surface area contributed by atoms with Gasteiger partial charge in [-0.1, -0.05) is 0 Å². The third kappa shape index (κ3) is 1.90. The van der Waals surface area contributed by atoms with Crippen molar-refractivity contribution in [2.24, 2.45) is 5.92 Å². The molecule has 1 N–H and O–H groups in total. The monoisotopic (exact) mass is 126 g/mol. The lowest BCUT2D eigenvalue weighted by Gasteiger charge is -2.02. The summed E-state index contributed by atoms with van der Waals surface area (Å²) in [6, 6.07) is 0. The number of hydrogen-bond acceptors (Lipinski definition) is 3. The van der Waals surface area contributed by atoms with Gasteiger partial charge in [-0.3, -0.25) is 0 Å². The van der Waals surface area contributed by atoms with Gasteiger partial charge in [0.2, 0.25) is 0 Å². The first-order valence-corrected chi connectivity index (χ1v) is 3.13. The number of hydrogen-bond donors (Lipinski definition) is 1. The average Bonchev–Trinajstić information content (AvgIpc) is 2.34. The first-order chi connectivity index (χ1) is 4.43. The molecule has 1 saturated heterocycles. The highest BCUT2D eigenvalue weighted by Crippen LogP contribution is 2.09. The fourth-order valence-corrected chi connectivity index (χ4v) is 0.934. The van der Waals surface area contributed by atoms with Crippen molar-refractivity contribution in [1.82, 2.24) is 5.32 Å². The fourth-order valence-electron chi connectivity index (χ4n) is 0.934. The largest absolute Gasteiger partial charge is 0.381 e. The lowest BCUT2D eigenvalue weighted by Crippen LogP contribution is -2.17. The van der Waals surface area contributed by atoms with Gasteiger partial charge in [0.05, 0.1) is 6.61 Å². The second kappa shape index (κ2) is 3.31. The summed E-state index contributed by atoms with van der Waals surface area (Å²) in [5.74, 6) is 0.560. The van der Waals surface area contributed by atoms with Crippen molar-refractivity contribution < 1.29 is 4.74 Å². The Morgan fingerprint density at radius 1 is 1.78 bits per heavy atom. The van der Waals surface area contributed by atoms with Gasteiger partial charge in [-0.05, 0) is 6.42 Å². The van der Waals surface area contributed by atoms with Crippen LogP contribution in [0.2, 0.25) is 0 Å². The number of nitriles is 1. The Labute approximate surface area is 54.6 Å². The minimum absolute atomic E-state index is 0.560. The summed E-state index contributed by atoms with van der Waals surface area (Å²) in [5, 5.41) is 10.7.